The topological polar surface area (TPSA) is 49.9 Å². The minimum absolute atomic E-state index is 0.164. The highest BCUT2D eigenvalue weighted by atomic mass is 127. The maximum absolute atomic E-state index is 12.8. The van der Waals surface area contributed by atoms with E-state index in [1.54, 1.807) is 6.07 Å². The van der Waals surface area contributed by atoms with Crippen LogP contribution in [0.3, 0.4) is 0 Å². The molecule has 0 aliphatic carbocycles. The van der Waals surface area contributed by atoms with Crippen LogP contribution in [0.15, 0.2) is 18.2 Å². The molecule has 0 spiro atoms. The second kappa shape index (κ2) is 3.17. The number of rotatable bonds is 1. The van der Waals surface area contributed by atoms with E-state index in [-0.39, 0.29) is 11.4 Å². The van der Waals surface area contributed by atoms with Gasteiger partial charge >= 0.3 is 0 Å². The van der Waals surface area contributed by atoms with Gasteiger partial charge in [-0.3, -0.25) is 5.41 Å². The molecule has 4 heteroatoms. The summed E-state index contributed by atoms with van der Waals surface area (Å²) >= 11 is 2.04. The van der Waals surface area contributed by atoms with E-state index < -0.39 is 5.82 Å². The molecular weight excluding hydrogens is 258 g/mol. The van der Waals surface area contributed by atoms with Crippen LogP contribution in [0.2, 0.25) is 0 Å². The van der Waals surface area contributed by atoms with E-state index in [1.807, 2.05) is 22.6 Å². The van der Waals surface area contributed by atoms with Gasteiger partial charge in [-0.15, -0.1) is 0 Å². The highest BCUT2D eigenvalue weighted by molar-refractivity contribution is 14.1. The molecule has 1 rings (SSSR count). The minimum atomic E-state index is -0.446. The summed E-state index contributed by atoms with van der Waals surface area (Å²) in [6, 6.07) is 4.47. The van der Waals surface area contributed by atoms with Crippen molar-refractivity contribution in [3.05, 3.63) is 33.1 Å². The van der Waals surface area contributed by atoms with E-state index in [1.165, 1.54) is 12.1 Å². The molecule has 0 saturated heterocycles. The van der Waals surface area contributed by atoms with Crippen LogP contribution in [0.5, 0.6) is 0 Å². The second-order valence-electron chi connectivity index (χ2n) is 2.04. The number of nitrogens with one attached hydrogen (secondary N) is 1. The Morgan fingerprint density at radius 3 is 2.64 bits per heavy atom. The van der Waals surface area contributed by atoms with Crippen molar-refractivity contribution in [3.63, 3.8) is 0 Å². The van der Waals surface area contributed by atoms with Crippen LogP contribution in [0.25, 0.3) is 0 Å². The Labute approximate surface area is 77.2 Å². The molecule has 0 amide bonds. The molecule has 0 aliphatic heterocycles. The normalized spacial score (nSPS) is 9.64. The summed E-state index contributed by atoms with van der Waals surface area (Å²) in [5, 5.41) is 7.01. The van der Waals surface area contributed by atoms with E-state index >= 15 is 0 Å². The lowest BCUT2D eigenvalue weighted by Gasteiger charge is -1.99. The Bertz CT molecular complexity index is 298. The molecule has 0 atom stereocenters. The summed E-state index contributed by atoms with van der Waals surface area (Å²) in [6.45, 7) is 0. The van der Waals surface area contributed by atoms with Crippen LogP contribution in [0, 0.1) is 14.8 Å². The summed E-state index contributed by atoms with van der Waals surface area (Å²) in [5.74, 6) is -0.682. The molecular formula is C7H6FIN2. The van der Waals surface area contributed by atoms with Crippen molar-refractivity contribution in [1.29, 1.82) is 5.41 Å². The third kappa shape index (κ3) is 1.89. The SMILES string of the molecule is N=C(N)c1cc(I)ccc1F. The van der Waals surface area contributed by atoms with Gasteiger partial charge in [-0.1, -0.05) is 0 Å². The smallest absolute Gasteiger partial charge is 0.134 e. The van der Waals surface area contributed by atoms with Crippen molar-refractivity contribution >= 4 is 28.4 Å². The van der Waals surface area contributed by atoms with Crippen LogP contribution < -0.4 is 5.73 Å². The summed E-state index contributed by atoms with van der Waals surface area (Å²) < 4.78 is 13.7. The molecule has 0 heterocycles. The fraction of sp³-hybridized carbons (Fsp3) is 0. The maximum Gasteiger partial charge on any atom is 0.134 e. The molecule has 0 aromatic heterocycles. The molecule has 0 radical (unpaired) electrons. The van der Waals surface area contributed by atoms with Gasteiger partial charge in [0.1, 0.15) is 11.7 Å². The molecule has 2 nitrogen and oxygen atoms in total. The van der Waals surface area contributed by atoms with Gasteiger partial charge in [-0.05, 0) is 40.8 Å². The lowest BCUT2D eigenvalue weighted by molar-refractivity contribution is 0.624. The van der Waals surface area contributed by atoms with E-state index in [4.69, 9.17) is 11.1 Å². The van der Waals surface area contributed by atoms with Gasteiger partial charge in [-0.25, -0.2) is 4.39 Å². The van der Waals surface area contributed by atoms with Gasteiger partial charge < -0.3 is 5.73 Å². The van der Waals surface area contributed by atoms with Gasteiger partial charge in [0.2, 0.25) is 0 Å². The first-order chi connectivity index (χ1) is 5.11. The summed E-state index contributed by atoms with van der Waals surface area (Å²) in [5.41, 5.74) is 5.29. The summed E-state index contributed by atoms with van der Waals surface area (Å²) in [7, 11) is 0. The average molecular weight is 264 g/mol. The van der Waals surface area contributed by atoms with Crippen molar-refractivity contribution in [3.8, 4) is 0 Å². The van der Waals surface area contributed by atoms with E-state index in [0.717, 1.165) is 3.57 Å². The first-order valence-electron chi connectivity index (χ1n) is 2.90. The Kier molecular flexibility index (Phi) is 2.43. The number of benzene rings is 1. The number of nitrogen functional groups attached to an aromatic ring is 1. The van der Waals surface area contributed by atoms with Crippen LogP contribution in [0.4, 0.5) is 4.39 Å². The van der Waals surface area contributed by atoms with Crippen molar-refractivity contribution in [2.45, 2.75) is 0 Å². The van der Waals surface area contributed by atoms with Crippen LogP contribution >= 0.6 is 22.6 Å². The largest absolute Gasteiger partial charge is 0.384 e. The van der Waals surface area contributed by atoms with Gasteiger partial charge in [0, 0.05) is 3.57 Å². The number of nitrogens with two attached hydrogens (primary N) is 1. The monoisotopic (exact) mass is 264 g/mol. The second-order valence-corrected chi connectivity index (χ2v) is 3.28. The quantitative estimate of drug-likeness (QED) is 0.453. The van der Waals surface area contributed by atoms with Gasteiger partial charge in [0.15, 0.2) is 0 Å². The number of hydrogen-bond acceptors (Lipinski definition) is 1. The number of amidine groups is 1. The molecule has 0 aliphatic rings. The molecule has 0 bridgehead atoms. The molecule has 1 aromatic carbocycles. The number of halogens is 2. The fourth-order valence-corrected chi connectivity index (χ4v) is 1.20. The van der Waals surface area contributed by atoms with Crippen LogP contribution in [0.1, 0.15) is 5.56 Å². The highest BCUT2D eigenvalue weighted by Gasteiger charge is 2.03. The van der Waals surface area contributed by atoms with Gasteiger partial charge in [0.05, 0.1) is 5.56 Å². The molecule has 0 unspecified atom stereocenters. The standard InChI is InChI=1S/C7H6FIN2/c8-6-2-1-4(9)3-5(6)7(10)11/h1-3H,(H3,10,11). The molecule has 0 saturated carbocycles. The van der Waals surface area contributed by atoms with Crippen LogP contribution in [-0.4, -0.2) is 5.84 Å². The van der Waals surface area contributed by atoms with Crippen molar-refractivity contribution in [1.82, 2.24) is 0 Å². The van der Waals surface area contributed by atoms with Crippen molar-refractivity contribution < 1.29 is 4.39 Å². The first kappa shape index (κ1) is 8.45. The molecule has 11 heavy (non-hydrogen) atoms. The third-order valence-electron chi connectivity index (χ3n) is 1.22. The molecule has 3 N–H and O–H groups in total. The zero-order chi connectivity index (χ0) is 8.43. The van der Waals surface area contributed by atoms with Crippen molar-refractivity contribution in [2.75, 3.05) is 0 Å². The lowest BCUT2D eigenvalue weighted by Crippen LogP contribution is -2.13. The third-order valence-corrected chi connectivity index (χ3v) is 1.89. The molecule has 58 valence electrons. The maximum atomic E-state index is 12.8. The highest BCUT2D eigenvalue weighted by Crippen LogP contribution is 2.11. The Morgan fingerprint density at radius 1 is 1.55 bits per heavy atom. The van der Waals surface area contributed by atoms with Gasteiger partial charge in [0.25, 0.3) is 0 Å². The predicted octanol–water partition coefficient (Wildman–Crippen LogP) is 1.71. The Hall–Kier alpha value is -0.650. The van der Waals surface area contributed by atoms with Crippen LogP contribution in [-0.2, 0) is 0 Å². The van der Waals surface area contributed by atoms with E-state index in [2.05, 4.69) is 0 Å². The van der Waals surface area contributed by atoms with Gasteiger partial charge in [-0.2, -0.15) is 0 Å². The predicted molar refractivity (Wildman–Crippen MR) is 50.1 cm³/mol. The summed E-state index contributed by atoms with van der Waals surface area (Å²) in [6.07, 6.45) is 0. The average Bonchev–Trinajstić information content (AvgIpc) is 1.94. The zero-order valence-electron chi connectivity index (χ0n) is 5.57. The molecule has 1 aromatic rings. The first-order valence-corrected chi connectivity index (χ1v) is 3.98. The lowest BCUT2D eigenvalue weighted by atomic mass is 10.2. The number of hydrogen-bond donors (Lipinski definition) is 2. The minimum Gasteiger partial charge on any atom is -0.384 e. The Balaban J connectivity index is 3.23. The van der Waals surface area contributed by atoms with E-state index in [0.29, 0.717) is 0 Å². The summed E-state index contributed by atoms with van der Waals surface area (Å²) in [4.78, 5) is 0. The van der Waals surface area contributed by atoms with Crippen molar-refractivity contribution in [2.24, 2.45) is 5.73 Å². The van der Waals surface area contributed by atoms with E-state index in [9.17, 15) is 4.39 Å². The molecule has 0 fully saturated rings. The Morgan fingerprint density at radius 2 is 2.18 bits per heavy atom. The zero-order valence-corrected chi connectivity index (χ0v) is 7.72. The fourth-order valence-electron chi connectivity index (χ4n) is 0.704.